The molecule has 7 heteroatoms. The van der Waals surface area contributed by atoms with Crippen molar-refractivity contribution in [2.24, 2.45) is 7.05 Å². The van der Waals surface area contributed by atoms with E-state index in [2.05, 4.69) is 149 Å². The van der Waals surface area contributed by atoms with Crippen LogP contribution >= 0.6 is 0 Å². The first kappa shape index (κ1) is 26.2. The van der Waals surface area contributed by atoms with Crippen LogP contribution in [0.3, 0.4) is 0 Å². The van der Waals surface area contributed by atoms with Crippen LogP contribution in [0, 0.1) is 13.8 Å². The van der Waals surface area contributed by atoms with Gasteiger partial charge in [-0.25, -0.2) is 9.55 Å². The number of pyridine rings is 2. The van der Waals surface area contributed by atoms with Gasteiger partial charge >= 0.3 is 5.88 Å². The summed E-state index contributed by atoms with van der Waals surface area (Å²) in [5.41, 5.74) is 11.1. The molecule has 10 rings (SSSR count). The van der Waals surface area contributed by atoms with Gasteiger partial charge in [0.25, 0.3) is 17.5 Å². The lowest BCUT2D eigenvalue weighted by Gasteiger charge is -2.21. The van der Waals surface area contributed by atoms with Gasteiger partial charge in [0.15, 0.2) is 5.82 Å². The van der Waals surface area contributed by atoms with E-state index >= 15 is 0 Å². The van der Waals surface area contributed by atoms with Crippen LogP contribution in [0.2, 0.25) is 0 Å². The van der Waals surface area contributed by atoms with Crippen molar-refractivity contribution in [3.63, 3.8) is 0 Å². The Morgan fingerprint density at radius 3 is 2.36 bits per heavy atom. The topological polar surface area (TPSA) is 52.6 Å². The van der Waals surface area contributed by atoms with Crippen LogP contribution in [0.4, 0.5) is 0 Å². The van der Waals surface area contributed by atoms with Crippen molar-refractivity contribution < 1.29 is 13.9 Å². The summed E-state index contributed by atoms with van der Waals surface area (Å²) >= 11 is 0. The van der Waals surface area contributed by atoms with Gasteiger partial charge in [-0.15, -0.1) is 9.67 Å². The highest BCUT2D eigenvalue weighted by Crippen LogP contribution is 2.46. The minimum atomic E-state index is -0.271. The predicted molar refractivity (Wildman–Crippen MR) is 182 cm³/mol. The molecule has 0 saturated heterocycles. The molecule has 0 N–H and O–H groups in total. The van der Waals surface area contributed by atoms with Gasteiger partial charge < -0.3 is 4.74 Å². The number of nitrogens with zero attached hydrogens (tertiary/aromatic N) is 6. The van der Waals surface area contributed by atoms with Crippen LogP contribution in [-0.2, 0) is 7.05 Å². The van der Waals surface area contributed by atoms with E-state index in [9.17, 15) is 0 Å². The molecule has 1 atom stereocenters. The fraction of sp³-hybridized carbons (Fsp3) is 0.100. The second kappa shape index (κ2) is 9.47. The zero-order valence-electron chi connectivity index (χ0n) is 26.2. The van der Waals surface area contributed by atoms with Gasteiger partial charge in [0.05, 0.1) is 24.7 Å². The zero-order chi connectivity index (χ0) is 31.4. The van der Waals surface area contributed by atoms with Crippen molar-refractivity contribution >= 4 is 21.9 Å². The van der Waals surface area contributed by atoms with Crippen molar-refractivity contribution in [3.8, 4) is 51.3 Å². The maximum atomic E-state index is 6.64. The minimum absolute atomic E-state index is 0.271. The van der Waals surface area contributed by atoms with Crippen LogP contribution in [0.15, 0.2) is 121 Å². The molecule has 47 heavy (non-hydrogen) atoms. The summed E-state index contributed by atoms with van der Waals surface area (Å²) in [6.07, 6.45) is 1.84. The van der Waals surface area contributed by atoms with Gasteiger partial charge in [0.2, 0.25) is 5.82 Å². The molecule has 8 aromatic rings. The molecule has 1 unspecified atom stereocenters. The number of hydrogen-bond donors (Lipinski definition) is 0. The molecule has 2 aliphatic rings. The fourth-order valence-corrected chi connectivity index (χ4v) is 7.80. The first-order valence-electron chi connectivity index (χ1n) is 15.9. The molecule has 0 fully saturated rings. The number of benzene rings is 4. The first-order valence-corrected chi connectivity index (χ1v) is 15.9. The summed E-state index contributed by atoms with van der Waals surface area (Å²) in [6.45, 7) is 4.32. The molecule has 6 heterocycles. The molecule has 0 saturated carbocycles. The van der Waals surface area contributed by atoms with E-state index in [1.54, 1.807) is 0 Å². The summed E-state index contributed by atoms with van der Waals surface area (Å²) in [4.78, 5) is 5.24. The van der Waals surface area contributed by atoms with Gasteiger partial charge in [-0.3, -0.25) is 0 Å². The van der Waals surface area contributed by atoms with E-state index in [-0.39, 0.29) is 6.17 Å². The molecule has 2 aliphatic heterocycles. The standard InChI is InChI=1S/C40H30N6O/c1-24-22-27(26-12-5-4-6-13-26)23-25(2)35(24)37-41-38-32-18-10-20-34-45(32)40(46(38)42-37)36-31(17-9-19-33(36)47-34)44-30-16-8-7-14-28(30)29-15-11-21-43(3)39(29)44/h4-23,40H,1-3H3/q+2. The summed E-state index contributed by atoms with van der Waals surface area (Å²) < 4.78 is 15.5. The van der Waals surface area contributed by atoms with Gasteiger partial charge in [-0.05, 0) is 78.6 Å². The Kier molecular flexibility index (Phi) is 5.27. The minimum Gasteiger partial charge on any atom is -0.404 e. The van der Waals surface area contributed by atoms with E-state index in [0.29, 0.717) is 0 Å². The molecule has 4 aromatic heterocycles. The molecule has 224 valence electrons. The zero-order valence-corrected chi connectivity index (χ0v) is 26.2. The van der Waals surface area contributed by atoms with Crippen molar-refractivity contribution in [2.45, 2.75) is 20.0 Å². The highest BCUT2D eigenvalue weighted by atomic mass is 16.5. The maximum Gasteiger partial charge on any atom is 0.376 e. The summed E-state index contributed by atoms with van der Waals surface area (Å²) in [6, 6.07) is 40.5. The van der Waals surface area contributed by atoms with Crippen molar-refractivity contribution in [2.75, 3.05) is 0 Å². The van der Waals surface area contributed by atoms with Crippen molar-refractivity contribution in [1.29, 1.82) is 0 Å². The third-order valence-corrected chi connectivity index (χ3v) is 9.74. The normalized spacial score (nSPS) is 14.2. The van der Waals surface area contributed by atoms with E-state index < -0.39 is 0 Å². The fourth-order valence-electron chi connectivity index (χ4n) is 7.80. The van der Waals surface area contributed by atoms with Crippen LogP contribution in [-0.4, -0.2) is 19.3 Å². The Morgan fingerprint density at radius 1 is 0.745 bits per heavy atom. The Bertz CT molecular complexity index is 2570. The Hall–Kier alpha value is -6.08. The monoisotopic (exact) mass is 610 g/mol. The molecule has 0 bridgehead atoms. The molecule has 4 aromatic carbocycles. The number of hydrogen-bond acceptors (Lipinski definition) is 3. The van der Waals surface area contributed by atoms with Gasteiger partial charge in [0.1, 0.15) is 22.5 Å². The third kappa shape index (κ3) is 3.56. The lowest BCUT2D eigenvalue weighted by molar-refractivity contribution is -0.708. The number of fused-ring (bicyclic) bond motifs is 8. The van der Waals surface area contributed by atoms with Crippen molar-refractivity contribution in [1.82, 2.24) is 19.3 Å². The third-order valence-electron chi connectivity index (χ3n) is 9.74. The largest absolute Gasteiger partial charge is 0.404 e. The Morgan fingerprint density at radius 2 is 1.51 bits per heavy atom. The van der Waals surface area contributed by atoms with E-state index in [0.717, 1.165) is 68.1 Å². The van der Waals surface area contributed by atoms with Crippen LogP contribution in [0.1, 0.15) is 22.9 Å². The number of para-hydroxylation sites is 1. The predicted octanol–water partition coefficient (Wildman–Crippen LogP) is 7.62. The van der Waals surface area contributed by atoms with Crippen LogP contribution in [0.25, 0.3) is 61.7 Å². The summed E-state index contributed by atoms with van der Waals surface area (Å²) in [7, 11) is 2.11. The number of ether oxygens (including phenoxy) is 1. The Labute approximate surface area is 271 Å². The number of rotatable bonds is 3. The van der Waals surface area contributed by atoms with Gasteiger partial charge in [-0.2, -0.15) is 9.25 Å². The van der Waals surface area contributed by atoms with Gasteiger partial charge in [-0.1, -0.05) is 60.7 Å². The average molecular weight is 611 g/mol. The molecule has 0 radical (unpaired) electrons. The average Bonchev–Trinajstić information content (AvgIpc) is 3.76. The smallest absolute Gasteiger partial charge is 0.376 e. The second-order valence-electron chi connectivity index (χ2n) is 12.5. The molecule has 0 aliphatic carbocycles. The van der Waals surface area contributed by atoms with Crippen LogP contribution in [0.5, 0.6) is 11.6 Å². The maximum absolute atomic E-state index is 6.64. The molecular formula is C40H30N6O+2. The van der Waals surface area contributed by atoms with E-state index in [4.69, 9.17) is 14.8 Å². The number of aryl methyl sites for hydroxylation is 3. The van der Waals surface area contributed by atoms with Crippen molar-refractivity contribution in [3.05, 3.63) is 138 Å². The summed E-state index contributed by atoms with van der Waals surface area (Å²) in [5.74, 6) is 3.16. The van der Waals surface area contributed by atoms with Crippen LogP contribution < -0.4 is 13.9 Å². The first-order chi connectivity index (χ1) is 23.1. The van der Waals surface area contributed by atoms with Gasteiger partial charge in [0, 0.05) is 17.0 Å². The quantitative estimate of drug-likeness (QED) is 0.194. The van der Waals surface area contributed by atoms with E-state index in [1.807, 2.05) is 12.1 Å². The highest BCUT2D eigenvalue weighted by Gasteiger charge is 2.50. The van der Waals surface area contributed by atoms with E-state index in [1.165, 1.54) is 21.9 Å². The molecular weight excluding hydrogens is 580 g/mol. The second-order valence-corrected chi connectivity index (χ2v) is 12.5. The molecule has 0 amide bonds. The summed E-state index contributed by atoms with van der Waals surface area (Å²) in [5, 5.41) is 7.72. The molecule has 7 nitrogen and oxygen atoms in total. The number of aromatic nitrogens is 6. The SMILES string of the molecule is Cc1cc(-c2ccccc2)cc(C)c1-c1nc2n(n1)C1c3c(cccc3-n3c4ccccc4c4ccc[n+](C)c43)Oc3cccc-2[n+]31. The lowest BCUT2D eigenvalue weighted by atomic mass is 9.95. The molecule has 0 spiro atoms. The lowest BCUT2D eigenvalue weighted by Crippen LogP contribution is -2.45. The Balaban J connectivity index is 1.21. The highest BCUT2D eigenvalue weighted by molar-refractivity contribution is 6.07.